The molecule has 30 heavy (non-hydrogen) atoms. The van der Waals surface area contributed by atoms with Crippen molar-refractivity contribution in [2.75, 3.05) is 0 Å². The van der Waals surface area contributed by atoms with E-state index in [9.17, 15) is 27.9 Å². The Morgan fingerprint density at radius 3 is 2.30 bits per heavy atom. The molecular formula is C22H18F3NO3S. The van der Waals surface area contributed by atoms with Crippen molar-refractivity contribution in [1.29, 1.82) is 0 Å². The van der Waals surface area contributed by atoms with E-state index in [1.807, 2.05) is 30.3 Å². The molecule has 0 spiro atoms. The first-order chi connectivity index (χ1) is 14.2. The number of nitrogens with zero attached hydrogens (tertiary/aromatic N) is 1. The maximum absolute atomic E-state index is 12.7. The van der Waals surface area contributed by atoms with Gasteiger partial charge in [-0.05, 0) is 24.1 Å². The molecule has 2 aromatic carbocycles. The lowest BCUT2D eigenvalue weighted by molar-refractivity contribution is -0.143. The van der Waals surface area contributed by atoms with Crippen LogP contribution in [0.25, 0.3) is 10.6 Å². The minimum atomic E-state index is -4.40. The number of carbonyl (C=O) groups is 2. The molecule has 8 heteroatoms. The number of carboxylic acid groups (broad SMARTS) is 1. The monoisotopic (exact) mass is 433 g/mol. The van der Waals surface area contributed by atoms with Gasteiger partial charge in [0.15, 0.2) is 0 Å². The third-order valence-corrected chi connectivity index (χ3v) is 5.48. The molecule has 1 N–H and O–H groups in total. The Bertz CT molecular complexity index is 1010. The van der Waals surface area contributed by atoms with E-state index in [2.05, 4.69) is 4.98 Å². The van der Waals surface area contributed by atoms with Crippen LogP contribution in [-0.2, 0) is 28.6 Å². The van der Waals surface area contributed by atoms with Gasteiger partial charge in [0.1, 0.15) is 10.8 Å². The van der Waals surface area contributed by atoms with Crippen molar-refractivity contribution < 1.29 is 27.9 Å². The smallest absolute Gasteiger partial charge is 0.416 e. The van der Waals surface area contributed by atoms with Gasteiger partial charge in [0.2, 0.25) is 0 Å². The van der Waals surface area contributed by atoms with Crippen LogP contribution in [0.3, 0.4) is 0 Å². The van der Waals surface area contributed by atoms with Crippen LogP contribution in [0, 0.1) is 5.92 Å². The first-order valence-electron chi connectivity index (χ1n) is 9.13. The summed E-state index contributed by atoms with van der Waals surface area (Å²) in [5.41, 5.74) is 1.11. The highest BCUT2D eigenvalue weighted by molar-refractivity contribution is 7.13. The number of rotatable bonds is 8. The number of carbonyl (C=O) groups excluding carboxylic acids is 1. The second kappa shape index (κ2) is 9.21. The number of Topliss-reactive ketones (excluding diaryl/α,β-unsaturated/α-hetero) is 1. The number of halogens is 3. The normalized spacial score (nSPS) is 12.5. The molecule has 0 aliphatic carbocycles. The van der Waals surface area contributed by atoms with Gasteiger partial charge < -0.3 is 5.11 Å². The zero-order valence-electron chi connectivity index (χ0n) is 15.7. The number of aromatic nitrogens is 1. The topological polar surface area (TPSA) is 67.3 Å². The van der Waals surface area contributed by atoms with Crippen LogP contribution in [0.15, 0.2) is 60.0 Å². The van der Waals surface area contributed by atoms with Gasteiger partial charge in [0, 0.05) is 23.8 Å². The largest absolute Gasteiger partial charge is 0.481 e. The Morgan fingerprint density at radius 1 is 1.03 bits per heavy atom. The van der Waals surface area contributed by atoms with Crippen molar-refractivity contribution in [2.45, 2.75) is 25.4 Å². The predicted molar refractivity (Wildman–Crippen MR) is 107 cm³/mol. The molecule has 0 aliphatic heterocycles. The highest BCUT2D eigenvalue weighted by Gasteiger charge is 2.30. The molecule has 0 saturated heterocycles. The molecule has 4 nitrogen and oxygen atoms in total. The molecule has 0 aliphatic rings. The van der Waals surface area contributed by atoms with E-state index < -0.39 is 23.6 Å². The summed E-state index contributed by atoms with van der Waals surface area (Å²) in [6.07, 6.45) is -4.28. The fourth-order valence-corrected chi connectivity index (χ4v) is 3.84. The van der Waals surface area contributed by atoms with E-state index in [1.54, 1.807) is 5.38 Å². The molecular weight excluding hydrogens is 415 g/mol. The lowest BCUT2D eigenvalue weighted by atomic mass is 9.93. The van der Waals surface area contributed by atoms with E-state index in [0.29, 0.717) is 16.3 Å². The minimum Gasteiger partial charge on any atom is -0.481 e. The van der Waals surface area contributed by atoms with E-state index in [-0.39, 0.29) is 25.0 Å². The molecule has 1 atom stereocenters. The van der Waals surface area contributed by atoms with Crippen molar-refractivity contribution in [3.05, 3.63) is 76.8 Å². The molecule has 1 heterocycles. The van der Waals surface area contributed by atoms with Gasteiger partial charge in [-0.1, -0.05) is 42.5 Å². The van der Waals surface area contributed by atoms with Gasteiger partial charge in [-0.25, -0.2) is 4.98 Å². The van der Waals surface area contributed by atoms with Crippen molar-refractivity contribution in [3.8, 4) is 10.6 Å². The van der Waals surface area contributed by atoms with Gasteiger partial charge in [0.05, 0.1) is 17.2 Å². The van der Waals surface area contributed by atoms with Crippen LogP contribution >= 0.6 is 11.3 Å². The van der Waals surface area contributed by atoms with Crippen LogP contribution in [-0.4, -0.2) is 21.8 Å². The first kappa shape index (κ1) is 21.7. The average Bonchev–Trinajstić information content (AvgIpc) is 3.16. The average molecular weight is 433 g/mol. The number of hydrogen-bond acceptors (Lipinski definition) is 4. The number of hydrogen-bond donors (Lipinski definition) is 1. The maximum atomic E-state index is 12.7. The van der Waals surface area contributed by atoms with E-state index in [1.165, 1.54) is 23.5 Å². The summed E-state index contributed by atoms with van der Waals surface area (Å²) >= 11 is 1.22. The van der Waals surface area contributed by atoms with E-state index in [0.717, 1.165) is 17.7 Å². The predicted octanol–water partition coefficient (Wildman–Crippen LogP) is 5.27. The van der Waals surface area contributed by atoms with Crippen molar-refractivity contribution in [2.24, 2.45) is 5.92 Å². The summed E-state index contributed by atoms with van der Waals surface area (Å²) in [7, 11) is 0. The summed E-state index contributed by atoms with van der Waals surface area (Å²) < 4.78 is 38.0. The lowest BCUT2D eigenvalue weighted by Crippen LogP contribution is -2.21. The maximum Gasteiger partial charge on any atom is 0.416 e. The second-order valence-corrected chi connectivity index (χ2v) is 7.72. The zero-order chi connectivity index (χ0) is 21.7. The number of carboxylic acids is 1. The van der Waals surface area contributed by atoms with Crippen LogP contribution in [0.2, 0.25) is 0 Å². The van der Waals surface area contributed by atoms with Crippen molar-refractivity contribution in [1.82, 2.24) is 4.98 Å². The Hall–Kier alpha value is -3.00. The van der Waals surface area contributed by atoms with Gasteiger partial charge in [-0.2, -0.15) is 13.2 Å². The van der Waals surface area contributed by atoms with E-state index >= 15 is 0 Å². The Kier molecular flexibility index (Phi) is 6.66. The molecule has 0 amide bonds. The number of benzene rings is 2. The Morgan fingerprint density at radius 2 is 1.70 bits per heavy atom. The second-order valence-electron chi connectivity index (χ2n) is 6.86. The highest BCUT2D eigenvalue weighted by Crippen LogP contribution is 2.32. The van der Waals surface area contributed by atoms with Crippen LogP contribution in [0.5, 0.6) is 0 Å². The standard InChI is InChI=1S/C22H18F3NO3S/c23-22(24,25)17-8-6-15(7-9-17)20-26-18(13-30-20)12-19(27)11-16(21(28)29)10-14-4-2-1-3-5-14/h1-9,13,16H,10-12H2,(H,28,29)/t16-/m1/s1. The fraction of sp³-hybridized carbons (Fsp3) is 0.227. The molecule has 0 unspecified atom stereocenters. The molecule has 1 aromatic heterocycles. The van der Waals surface area contributed by atoms with Gasteiger partial charge in [-0.3, -0.25) is 9.59 Å². The molecule has 0 fully saturated rings. The number of aliphatic carboxylic acids is 1. The molecule has 156 valence electrons. The highest BCUT2D eigenvalue weighted by atomic mass is 32.1. The van der Waals surface area contributed by atoms with Crippen LogP contribution in [0.1, 0.15) is 23.2 Å². The molecule has 0 saturated carbocycles. The lowest BCUT2D eigenvalue weighted by Gasteiger charge is -2.11. The number of alkyl halides is 3. The van der Waals surface area contributed by atoms with Gasteiger partial charge in [0.25, 0.3) is 0 Å². The summed E-state index contributed by atoms with van der Waals surface area (Å²) in [5, 5.41) is 11.6. The Balaban J connectivity index is 1.63. The van der Waals surface area contributed by atoms with Gasteiger partial charge >= 0.3 is 12.1 Å². The fourth-order valence-electron chi connectivity index (χ4n) is 3.02. The third-order valence-electron chi connectivity index (χ3n) is 4.54. The van der Waals surface area contributed by atoms with Crippen LogP contribution < -0.4 is 0 Å². The van der Waals surface area contributed by atoms with Crippen molar-refractivity contribution >= 4 is 23.1 Å². The summed E-state index contributed by atoms with van der Waals surface area (Å²) in [6, 6.07) is 13.8. The Labute approximate surface area is 175 Å². The van der Waals surface area contributed by atoms with E-state index in [4.69, 9.17) is 0 Å². The summed E-state index contributed by atoms with van der Waals surface area (Å²) in [4.78, 5) is 28.2. The summed E-state index contributed by atoms with van der Waals surface area (Å²) in [6.45, 7) is 0. The summed E-state index contributed by atoms with van der Waals surface area (Å²) in [5.74, 6) is -2.11. The molecule has 3 aromatic rings. The van der Waals surface area contributed by atoms with Crippen LogP contribution in [0.4, 0.5) is 13.2 Å². The molecule has 0 bridgehead atoms. The van der Waals surface area contributed by atoms with Gasteiger partial charge in [-0.15, -0.1) is 11.3 Å². The minimum absolute atomic E-state index is 0.0182. The first-order valence-corrected chi connectivity index (χ1v) is 10.0. The van der Waals surface area contributed by atoms with Crippen molar-refractivity contribution in [3.63, 3.8) is 0 Å². The SMILES string of the molecule is O=C(Cc1csc(-c2ccc(C(F)(F)F)cc2)n1)C[C@@H](Cc1ccccc1)C(=O)O. The number of ketones is 1. The zero-order valence-corrected chi connectivity index (χ0v) is 16.5. The quantitative estimate of drug-likeness (QED) is 0.525. The third kappa shape index (κ3) is 5.76. The molecule has 0 radical (unpaired) electrons. The molecule has 3 rings (SSSR count). The number of thiazole rings is 1.